The average molecular weight is 790 g/mol. The number of aromatic nitrogens is 2. The van der Waals surface area contributed by atoms with E-state index in [1.807, 2.05) is 43.6 Å². The van der Waals surface area contributed by atoms with Crippen molar-refractivity contribution in [2.45, 2.75) is 97.8 Å². The third-order valence-corrected chi connectivity index (χ3v) is 12.2. The van der Waals surface area contributed by atoms with Crippen LogP contribution in [-0.4, -0.2) is 94.9 Å². The quantitative estimate of drug-likeness (QED) is 0.150. The second-order valence-corrected chi connectivity index (χ2v) is 16.5. The zero-order chi connectivity index (χ0) is 41.4. The first kappa shape index (κ1) is 40.5. The molecule has 3 N–H and O–H groups in total. The van der Waals surface area contributed by atoms with Crippen LogP contribution in [0.5, 0.6) is 0 Å². The number of imidazole rings is 1. The molecule has 13 nitrogen and oxygen atoms in total. The zero-order valence-electron chi connectivity index (χ0n) is 34.8. The van der Waals surface area contributed by atoms with E-state index in [9.17, 15) is 19.2 Å². The van der Waals surface area contributed by atoms with Gasteiger partial charge in [0, 0.05) is 25.2 Å². The third kappa shape index (κ3) is 7.78. The predicted molar refractivity (Wildman–Crippen MR) is 224 cm³/mol. The first-order valence-corrected chi connectivity index (χ1v) is 20.4. The van der Waals surface area contributed by atoms with Gasteiger partial charge in [-0.3, -0.25) is 14.6 Å². The number of likely N-dealkylation sites (tertiary alicyclic amines) is 2. The summed E-state index contributed by atoms with van der Waals surface area (Å²) in [6.07, 6.45) is 2.82. The number of rotatable bonds is 10. The Bertz CT molecular complexity index is 2280. The van der Waals surface area contributed by atoms with Crippen LogP contribution in [0.3, 0.4) is 0 Å². The van der Waals surface area contributed by atoms with Gasteiger partial charge in [-0.2, -0.15) is 0 Å². The van der Waals surface area contributed by atoms with Crippen LogP contribution < -0.4 is 10.6 Å². The number of benzene rings is 3. The van der Waals surface area contributed by atoms with E-state index in [1.54, 1.807) is 0 Å². The number of methoxy groups -OCH3 is 2. The Morgan fingerprint density at radius 1 is 0.741 bits per heavy atom. The number of fused-ring (bicyclic) bond motifs is 2. The van der Waals surface area contributed by atoms with E-state index in [-0.39, 0.29) is 35.7 Å². The van der Waals surface area contributed by atoms with Gasteiger partial charge in [-0.1, -0.05) is 58.0 Å². The Balaban J connectivity index is 1.10. The molecule has 0 radical (unpaired) electrons. The summed E-state index contributed by atoms with van der Waals surface area (Å²) in [6, 6.07) is 15.4. The molecule has 7 rings (SSSR count). The molecule has 306 valence electrons. The smallest absolute Gasteiger partial charge is 0.407 e. The molecule has 3 aromatic carbocycles. The van der Waals surface area contributed by atoms with Gasteiger partial charge in [-0.25, -0.2) is 14.6 Å². The van der Waals surface area contributed by atoms with Crippen LogP contribution in [0.1, 0.15) is 81.9 Å². The van der Waals surface area contributed by atoms with Gasteiger partial charge in [0.2, 0.25) is 11.8 Å². The molecule has 58 heavy (non-hydrogen) atoms. The molecule has 2 saturated heterocycles. The second kappa shape index (κ2) is 16.6. The number of nitrogens with zero attached hydrogens (tertiary/aromatic N) is 4. The summed E-state index contributed by atoms with van der Waals surface area (Å²) in [6.45, 7) is 13.2. The van der Waals surface area contributed by atoms with Crippen LogP contribution in [0, 0.1) is 25.7 Å². The lowest BCUT2D eigenvalue weighted by Crippen LogP contribution is -2.53. The molecule has 3 aliphatic heterocycles. The second-order valence-electron chi connectivity index (χ2n) is 16.5. The Morgan fingerprint density at radius 3 is 1.84 bits per heavy atom. The molecular weight excluding hydrogens is 735 g/mol. The maximum Gasteiger partial charge on any atom is 0.407 e. The first-order chi connectivity index (χ1) is 27.8. The van der Waals surface area contributed by atoms with Crippen molar-refractivity contribution in [3.63, 3.8) is 0 Å². The molecule has 0 unspecified atom stereocenters. The molecule has 13 heteroatoms. The van der Waals surface area contributed by atoms with Crippen LogP contribution in [0.2, 0.25) is 0 Å². The highest BCUT2D eigenvalue weighted by molar-refractivity contribution is 6.01. The molecule has 2 fully saturated rings. The standard InChI is InChI=1S/C45H55N7O6/c1-24(2)39(49-44(55)57-7)42(53)51-19-9-11-37(51)36-23-30-14-13-28(21-34(30)46-36)31-16-17-32(27(6)26(31)5)29-15-18-33-35(22-29)48-41(47-33)38-12-10-20-52(38)43(54)40(25(3)4)50-45(56)58-8/h13-18,21-22,24-25,37-40H,9-12,19-20,23H2,1-8H3,(H,47,48)(H,49,55)(H,50,56)/t37-,38-,39-,40-/m0/s1. The van der Waals surface area contributed by atoms with Gasteiger partial charge in [0.15, 0.2) is 0 Å². The minimum absolute atomic E-state index is 0.0908. The van der Waals surface area contributed by atoms with Crippen molar-refractivity contribution in [2.75, 3.05) is 27.3 Å². The topological polar surface area (TPSA) is 158 Å². The highest BCUT2D eigenvalue weighted by Crippen LogP contribution is 2.39. The number of amides is 4. The van der Waals surface area contributed by atoms with Gasteiger partial charge < -0.3 is 34.9 Å². The third-order valence-electron chi connectivity index (χ3n) is 12.2. The maximum absolute atomic E-state index is 13.7. The number of H-pyrrole nitrogens is 1. The fourth-order valence-electron chi connectivity index (χ4n) is 8.82. The van der Waals surface area contributed by atoms with Crippen molar-refractivity contribution < 1.29 is 28.7 Å². The van der Waals surface area contributed by atoms with Crippen molar-refractivity contribution in [2.24, 2.45) is 16.8 Å². The molecule has 4 aromatic rings. The van der Waals surface area contributed by atoms with Gasteiger partial charge in [0.25, 0.3) is 0 Å². The summed E-state index contributed by atoms with van der Waals surface area (Å²) < 4.78 is 9.59. The van der Waals surface area contributed by atoms with Crippen LogP contribution in [0.25, 0.3) is 33.3 Å². The molecule has 4 atom stereocenters. The molecule has 4 amide bonds. The number of carbonyl (C=O) groups excluding carboxylic acids is 4. The number of carbonyl (C=O) groups is 4. The Morgan fingerprint density at radius 2 is 1.28 bits per heavy atom. The fraction of sp³-hybridized carbons (Fsp3) is 0.467. The minimum Gasteiger partial charge on any atom is -0.453 e. The minimum atomic E-state index is -0.692. The molecule has 0 spiro atoms. The number of aliphatic imine (C=N–C) groups is 1. The van der Waals surface area contributed by atoms with E-state index < -0.39 is 24.3 Å². The van der Waals surface area contributed by atoms with Crippen LogP contribution in [0.4, 0.5) is 15.3 Å². The van der Waals surface area contributed by atoms with Gasteiger partial charge >= 0.3 is 12.2 Å². The maximum atomic E-state index is 13.7. The zero-order valence-corrected chi connectivity index (χ0v) is 34.8. The summed E-state index contributed by atoms with van der Waals surface area (Å²) in [5.74, 6) is 0.310. The fourth-order valence-corrected chi connectivity index (χ4v) is 8.82. The Kier molecular flexibility index (Phi) is 11.6. The number of aromatic amines is 1. The Labute approximate surface area is 340 Å². The van der Waals surface area contributed by atoms with Gasteiger partial charge in [0.05, 0.1) is 43.0 Å². The molecule has 4 heterocycles. The van der Waals surface area contributed by atoms with Gasteiger partial charge in [0.1, 0.15) is 17.9 Å². The Hall–Kier alpha value is -5.72. The molecule has 3 aliphatic rings. The van der Waals surface area contributed by atoms with E-state index in [0.717, 1.165) is 81.8 Å². The lowest BCUT2D eigenvalue weighted by atomic mass is 9.90. The van der Waals surface area contributed by atoms with Gasteiger partial charge in [-0.15, -0.1) is 0 Å². The monoisotopic (exact) mass is 789 g/mol. The summed E-state index contributed by atoms with van der Waals surface area (Å²) in [5.41, 5.74) is 11.6. The highest BCUT2D eigenvalue weighted by atomic mass is 16.5. The van der Waals surface area contributed by atoms with Crippen molar-refractivity contribution in [3.05, 3.63) is 71.0 Å². The number of hydrogen-bond acceptors (Lipinski definition) is 8. The van der Waals surface area contributed by atoms with E-state index in [4.69, 9.17) is 19.5 Å². The van der Waals surface area contributed by atoms with Gasteiger partial charge in [-0.05, 0) is 109 Å². The SMILES string of the molecule is COC(=O)N[C@H](C(=O)N1CCC[C@H]1C1=Nc2cc(-c3ccc(-c4ccc5nc([C@@H]6CCCN6C(=O)[C@@H](NC(=O)OC)C(C)C)[nH]c5c4)c(C)c3C)ccc2C1)C(C)C. The molecule has 0 aliphatic carbocycles. The van der Waals surface area contributed by atoms with Crippen LogP contribution >= 0.6 is 0 Å². The molecule has 0 bridgehead atoms. The first-order valence-electron chi connectivity index (χ1n) is 20.4. The highest BCUT2D eigenvalue weighted by Gasteiger charge is 2.40. The van der Waals surface area contributed by atoms with E-state index in [1.165, 1.54) is 25.3 Å². The average Bonchev–Trinajstić information content (AvgIpc) is 4.04. The number of hydrogen-bond donors (Lipinski definition) is 3. The van der Waals surface area contributed by atoms with Crippen molar-refractivity contribution in [3.8, 4) is 22.3 Å². The van der Waals surface area contributed by atoms with Crippen molar-refractivity contribution in [1.82, 2.24) is 30.4 Å². The van der Waals surface area contributed by atoms with Crippen LogP contribution in [0.15, 0.2) is 53.5 Å². The number of alkyl carbamates (subject to hydrolysis) is 2. The normalized spacial score (nSPS) is 18.7. The molecular formula is C45H55N7O6. The molecule has 0 saturated carbocycles. The summed E-state index contributed by atoms with van der Waals surface area (Å²) in [7, 11) is 2.60. The largest absolute Gasteiger partial charge is 0.453 e. The van der Waals surface area contributed by atoms with E-state index >= 15 is 0 Å². The summed E-state index contributed by atoms with van der Waals surface area (Å²) in [4.78, 5) is 68.8. The van der Waals surface area contributed by atoms with E-state index in [2.05, 4.69) is 71.9 Å². The molecule has 1 aromatic heterocycles. The van der Waals surface area contributed by atoms with Crippen molar-refractivity contribution >= 4 is 46.4 Å². The summed E-state index contributed by atoms with van der Waals surface area (Å²) >= 11 is 0. The lowest BCUT2D eigenvalue weighted by molar-refractivity contribution is -0.135. The van der Waals surface area contributed by atoms with Crippen LogP contribution in [-0.2, 0) is 25.5 Å². The number of nitrogens with one attached hydrogen (secondary N) is 3. The van der Waals surface area contributed by atoms with Crippen molar-refractivity contribution in [1.29, 1.82) is 0 Å². The van der Waals surface area contributed by atoms with E-state index in [0.29, 0.717) is 19.5 Å². The predicted octanol–water partition coefficient (Wildman–Crippen LogP) is 7.56. The lowest BCUT2D eigenvalue weighted by Gasteiger charge is -2.30. The number of ether oxygens (including phenoxy) is 2. The summed E-state index contributed by atoms with van der Waals surface area (Å²) in [5, 5.41) is 5.45.